The zero-order chi connectivity index (χ0) is 21.3. The fraction of sp³-hybridized carbons (Fsp3) is 0.0909. The van der Waals surface area contributed by atoms with Crippen molar-refractivity contribution in [3.8, 4) is 0 Å². The molecule has 150 valence electrons. The average Bonchev–Trinajstić information content (AvgIpc) is 3.36. The molecule has 0 radical (unpaired) electrons. The minimum Gasteiger partial charge on any atom is -0.503 e. The van der Waals surface area contributed by atoms with E-state index in [9.17, 15) is 19.5 Å². The van der Waals surface area contributed by atoms with Gasteiger partial charge in [-0.05, 0) is 48.0 Å². The third kappa shape index (κ3) is 3.35. The largest absolute Gasteiger partial charge is 0.503 e. The van der Waals surface area contributed by atoms with Gasteiger partial charge in [-0.15, -0.1) is 0 Å². The third-order valence-electron chi connectivity index (χ3n) is 4.66. The second-order valence-corrected chi connectivity index (χ2v) is 6.66. The number of aromatic nitrogens is 1. The van der Waals surface area contributed by atoms with Gasteiger partial charge in [-0.1, -0.05) is 6.07 Å². The predicted octanol–water partition coefficient (Wildman–Crippen LogP) is 3.42. The SMILES string of the molecule is CC(=O)Nc1ccc(N2C(=O)C(O)=C(C(=O)c3ccco3)C2c2cccnc2)cc1. The smallest absolute Gasteiger partial charge is 0.294 e. The summed E-state index contributed by atoms with van der Waals surface area (Å²) < 4.78 is 5.19. The van der Waals surface area contributed by atoms with Crippen molar-refractivity contribution in [1.29, 1.82) is 0 Å². The van der Waals surface area contributed by atoms with Crippen LogP contribution in [0.3, 0.4) is 0 Å². The van der Waals surface area contributed by atoms with Gasteiger partial charge in [-0.25, -0.2) is 0 Å². The minimum atomic E-state index is -0.893. The first kappa shape index (κ1) is 19.1. The molecule has 0 spiro atoms. The summed E-state index contributed by atoms with van der Waals surface area (Å²) in [6, 6.07) is 12.1. The standard InChI is InChI=1S/C22H17N3O5/c1-13(26)24-15-6-8-16(9-7-15)25-19(14-4-2-10-23-12-14)18(21(28)22(25)29)20(27)17-5-3-11-30-17/h2-12,19,28H,1H3,(H,24,26). The molecule has 0 bridgehead atoms. The van der Waals surface area contributed by atoms with Crippen molar-refractivity contribution in [2.45, 2.75) is 13.0 Å². The highest BCUT2D eigenvalue weighted by atomic mass is 16.3. The number of anilines is 2. The summed E-state index contributed by atoms with van der Waals surface area (Å²) in [6.07, 6.45) is 4.45. The van der Waals surface area contributed by atoms with E-state index in [1.165, 1.54) is 30.4 Å². The quantitative estimate of drug-likeness (QED) is 0.631. The molecule has 0 aliphatic carbocycles. The summed E-state index contributed by atoms with van der Waals surface area (Å²) >= 11 is 0. The van der Waals surface area contributed by atoms with E-state index in [1.54, 1.807) is 48.7 Å². The van der Waals surface area contributed by atoms with Crippen LogP contribution in [-0.4, -0.2) is 27.7 Å². The van der Waals surface area contributed by atoms with E-state index in [4.69, 9.17) is 4.42 Å². The van der Waals surface area contributed by atoms with Gasteiger partial charge in [0.1, 0.15) is 0 Å². The maximum atomic E-state index is 13.0. The van der Waals surface area contributed by atoms with Crippen LogP contribution in [0.5, 0.6) is 0 Å². The maximum Gasteiger partial charge on any atom is 0.294 e. The van der Waals surface area contributed by atoms with Crippen LogP contribution in [0.25, 0.3) is 0 Å². The molecule has 8 nitrogen and oxygen atoms in total. The number of carbonyl (C=O) groups is 3. The first-order valence-electron chi connectivity index (χ1n) is 9.10. The van der Waals surface area contributed by atoms with Crippen molar-refractivity contribution < 1.29 is 23.9 Å². The van der Waals surface area contributed by atoms with Crippen LogP contribution >= 0.6 is 0 Å². The van der Waals surface area contributed by atoms with Crippen molar-refractivity contribution in [2.75, 3.05) is 10.2 Å². The van der Waals surface area contributed by atoms with E-state index in [-0.39, 0.29) is 17.2 Å². The van der Waals surface area contributed by atoms with Gasteiger partial charge in [0.15, 0.2) is 11.5 Å². The summed E-state index contributed by atoms with van der Waals surface area (Å²) in [5, 5.41) is 13.3. The van der Waals surface area contributed by atoms with Gasteiger partial charge < -0.3 is 14.8 Å². The van der Waals surface area contributed by atoms with Gasteiger partial charge in [-0.2, -0.15) is 0 Å². The number of carbonyl (C=O) groups excluding carboxylic acids is 3. The average molecular weight is 403 g/mol. The molecule has 1 aliphatic rings. The number of nitrogens with one attached hydrogen (secondary N) is 1. The molecule has 30 heavy (non-hydrogen) atoms. The number of aliphatic hydroxyl groups excluding tert-OH is 1. The van der Waals surface area contributed by atoms with Gasteiger partial charge in [0.2, 0.25) is 11.7 Å². The molecule has 8 heteroatoms. The Hall–Kier alpha value is -4.20. The number of Topliss-reactive ketones (excluding diaryl/α,β-unsaturated/α-hetero) is 1. The summed E-state index contributed by atoms with van der Waals surface area (Å²) in [5.41, 5.74) is 1.46. The van der Waals surface area contributed by atoms with Crippen LogP contribution < -0.4 is 10.2 Å². The Kier molecular flexibility index (Phi) is 4.89. The Bertz CT molecular complexity index is 1140. The minimum absolute atomic E-state index is 0.0149. The molecule has 0 saturated heterocycles. The van der Waals surface area contributed by atoms with E-state index in [1.807, 2.05) is 0 Å². The molecule has 0 saturated carbocycles. The summed E-state index contributed by atoms with van der Waals surface area (Å²) in [4.78, 5) is 42.7. The lowest BCUT2D eigenvalue weighted by molar-refractivity contribution is -0.117. The Morgan fingerprint density at radius 1 is 1.13 bits per heavy atom. The van der Waals surface area contributed by atoms with Crippen LogP contribution in [0, 0.1) is 0 Å². The number of rotatable bonds is 5. The van der Waals surface area contributed by atoms with E-state index < -0.39 is 23.5 Å². The molecule has 3 aromatic rings. The highest BCUT2D eigenvalue weighted by Crippen LogP contribution is 2.41. The van der Waals surface area contributed by atoms with Crippen molar-refractivity contribution >= 4 is 29.0 Å². The molecule has 1 aromatic carbocycles. The second-order valence-electron chi connectivity index (χ2n) is 6.66. The molecule has 0 fully saturated rings. The molecule has 1 atom stereocenters. The normalized spacial score (nSPS) is 16.1. The van der Waals surface area contributed by atoms with Gasteiger partial charge >= 0.3 is 0 Å². The van der Waals surface area contributed by atoms with Crippen molar-refractivity contribution in [1.82, 2.24) is 4.98 Å². The lowest BCUT2D eigenvalue weighted by Crippen LogP contribution is -2.31. The monoisotopic (exact) mass is 403 g/mol. The molecule has 1 aliphatic heterocycles. The fourth-order valence-corrected chi connectivity index (χ4v) is 3.41. The maximum absolute atomic E-state index is 13.0. The molecular formula is C22H17N3O5. The molecule has 2 N–H and O–H groups in total. The van der Waals surface area contributed by atoms with Crippen molar-refractivity contribution in [2.24, 2.45) is 0 Å². The fourth-order valence-electron chi connectivity index (χ4n) is 3.41. The highest BCUT2D eigenvalue weighted by molar-refractivity contribution is 6.20. The first-order chi connectivity index (χ1) is 14.5. The van der Waals surface area contributed by atoms with Crippen LogP contribution in [0.4, 0.5) is 11.4 Å². The highest BCUT2D eigenvalue weighted by Gasteiger charge is 2.45. The number of nitrogens with zero attached hydrogens (tertiary/aromatic N) is 2. The zero-order valence-corrected chi connectivity index (χ0v) is 15.9. The topological polar surface area (TPSA) is 113 Å². The van der Waals surface area contributed by atoms with Crippen molar-refractivity contribution in [3.63, 3.8) is 0 Å². The molecule has 4 rings (SSSR count). The van der Waals surface area contributed by atoms with Crippen LogP contribution in [-0.2, 0) is 9.59 Å². The van der Waals surface area contributed by atoms with Crippen LogP contribution in [0.1, 0.15) is 29.1 Å². The molecule has 1 unspecified atom stereocenters. The van der Waals surface area contributed by atoms with E-state index in [0.717, 1.165) is 0 Å². The Labute approximate surface area is 171 Å². The van der Waals surface area contributed by atoms with Crippen LogP contribution in [0.15, 0.2) is 82.9 Å². The zero-order valence-electron chi connectivity index (χ0n) is 15.9. The van der Waals surface area contributed by atoms with Gasteiger partial charge in [0.05, 0.1) is 17.9 Å². The number of ketones is 1. The summed E-state index contributed by atoms with van der Waals surface area (Å²) in [6.45, 7) is 1.39. The van der Waals surface area contributed by atoms with E-state index in [0.29, 0.717) is 16.9 Å². The number of benzene rings is 1. The number of hydrogen-bond donors (Lipinski definition) is 2. The predicted molar refractivity (Wildman–Crippen MR) is 108 cm³/mol. The molecule has 2 aromatic heterocycles. The Morgan fingerprint density at radius 3 is 2.50 bits per heavy atom. The van der Waals surface area contributed by atoms with Gasteiger partial charge in [-0.3, -0.25) is 24.3 Å². The summed E-state index contributed by atoms with van der Waals surface area (Å²) in [7, 11) is 0. The number of furan rings is 1. The number of pyridine rings is 1. The lowest BCUT2D eigenvalue weighted by Gasteiger charge is -2.26. The molecule has 2 amide bonds. The molecular weight excluding hydrogens is 386 g/mol. The van der Waals surface area contributed by atoms with Gasteiger partial charge in [0, 0.05) is 30.7 Å². The number of aliphatic hydroxyl groups is 1. The number of amides is 2. The van der Waals surface area contributed by atoms with Gasteiger partial charge in [0.25, 0.3) is 5.91 Å². The molecule has 3 heterocycles. The second kappa shape index (κ2) is 7.67. The Balaban J connectivity index is 1.80. The van der Waals surface area contributed by atoms with E-state index >= 15 is 0 Å². The van der Waals surface area contributed by atoms with Crippen LogP contribution in [0.2, 0.25) is 0 Å². The summed E-state index contributed by atoms with van der Waals surface area (Å²) in [5.74, 6) is -2.15. The van der Waals surface area contributed by atoms with Crippen molar-refractivity contribution in [3.05, 3.63) is 89.8 Å². The van der Waals surface area contributed by atoms with E-state index in [2.05, 4.69) is 10.3 Å². The first-order valence-corrected chi connectivity index (χ1v) is 9.10. The third-order valence-corrected chi connectivity index (χ3v) is 4.66. The number of hydrogen-bond acceptors (Lipinski definition) is 6. The lowest BCUT2D eigenvalue weighted by atomic mass is 9.96. The Morgan fingerprint density at radius 2 is 1.90 bits per heavy atom.